The van der Waals surface area contributed by atoms with Gasteiger partial charge in [0.1, 0.15) is 5.82 Å². The van der Waals surface area contributed by atoms with E-state index in [2.05, 4.69) is 25.5 Å². The highest BCUT2D eigenvalue weighted by molar-refractivity contribution is 6.30. The van der Waals surface area contributed by atoms with Gasteiger partial charge in [0.2, 0.25) is 5.95 Å². The number of morpholine rings is 1. The topological polar surface area (TPSA) is 62.3 Å². The SMILES string of the molecule is Cc1cc(Nc2cc(Cl)ccc2C)nc(NCCN2CCOCC2)n1. The molecule has 7 heteroatoms. The molecular weight excluding hydrogens is 338 g/mol. The van der Waals surface area contributed by atoms with Crippen molar-refractivity contribution in [2.45, 2.75) is 13.8 Å². The van der Waals surface area contributed by atoms with Crippen molar-refractivity contribution in [1.82, 2.24) is 14.9 Å². The van der Waals surface area contributed by atoms with Crippen LogP contribution in [0.15, 0.2) is 24.3 Å². The second kappa shape index (κ2) is 8.47. The highest BCUT2D eigenvalue weighted by Crippen LogP contribution is 2.24. The van der Waals surface area contributed by atoms with Crippen molar-refractivity contribution >= 4 is 29.1 Å². The quantitative estimate of drug-likeness (QED) is 0.823. The second-order valence-corrected chi connectivity index (χ2v) is 6.62. The highest BCUT2D eigenvalue weighted by atomic mass is 35.5. The first-order valence-electron chi connectivity index (χ1n) is 8.53. The molecule has 2 heterocycles. The molecule has 0 aliphatic carbocycles. The maximum atomic E-state index is 6.09. The lowest BCUT2D eigenvalue weighted by atomic mass is 10.2. The number of ether oxygens (including phenoxy) is 1. The summed E-state index contributed by atoms with van der Waals surface area (Å²) in [6.45, 7) is 9.35. The Labute approximate surface area is 153 Å². The largest absolute Gasteiger partial charge is 0.379 e. The molecule has 25 heavy (non-hydrogen) atoms. The summed E-state index contributed by atoms with van der Waals surface area (Å²) in [6, 6.07) is 7.69. The van der Waals surface area contributed by atoms with Gasteiger partial charge >= 0.3 is 0 Å². The van der Waals surface area contributed by atoms with Crippen LogP contribution in [0, 0.1) is 13.8 Å². The third-order valence-electron chi connectivity index (χ3n) is 4.13. The number of aryl methyl sites for hydroxylation is 2. The van der Waals surface area contributed by atoms with Crippen molar-refractivity contribution in [3.8, 4) is 0 Å². The molecule has 0 spiro atoms. The molecule has 0 atom stereocenters. The molecule has 1 aromatic heterocycles. The Hall–Kier alpha value is -1.89. The minimum atomic E-state index is 0.635. The number of hydrogen-bond acceptors (Lipinski definition) is 6. The molecule has 1 aliphatic rings. The Morgan fingerprint density at radius 2 is 1.96 bits per heavy atom. The lowest BCUT2D eigenvalue weighted by Crippen LogP contribution is -2.39. The fourth-order valence-electron chi connectivity index (χ4n) is 2.73. The zero-order valence-corrected chi connectivity index (χ0v) is 15.4. The summed E-state index contributed by atoms with van der Waals surface area (Å²) in [4.78, 5) is 11.4. The van der Waals surface area contributed by atoms with Crippen LogP contribution in [0.5, 0.6) is 0 Å². The van der Waals surface area contributed by atoms with Gasteiger partial charge in [0.15, 0.2) is 0 Å². The van der Waals surface area contributed by atoms with Crippen LogP contribution in [-0.2, 0) is 4.74 Å². The van der Waals surface area contributed by atoms with Crippen molar-refractivity contribution in [2.75, 3.05) is 50.0 Å². The molecule has 1 aromatic carbocycles. The molecule has 3 rings (SSSR count). The zero-order chi connectivity index (χ0) is 17.6. The third-order valence-corrected chi connectivity index (χ3v) is 4.37. The number of aromatic nitrogens is 2. The van der Waals surface area contributed by atoms with Crippen molar-refractivity contribution < 1.29 is 4.74 Å². The van der Waals surface area contributed by atoms with Gasteiger partial charge in [0, 0.05) is 48.6 Å². The lowest BCUT2D eigenvalue weighted by molar-refractivity contribution is 0.0398. The average molecular weight is 362 g/mol. The first-order chi connectivity index (χ1) is 12.1. The van der Waals surface area contributed by atoms with Crippen LogP contribution in [0.4, 0.5) is 17.5 Å². The summed E-state index contributed by atoms with van der Waals surface area (Å²) in [7, 11) is 0. The van der Waals surface area contributed by atoms with Gasteiger partial charge in [-0.15, -0.1) is 0 Å². The van der Waals surface area contributed by atoms with Gasteiger partial charge in [-0.05, 0) is 31.5 Å². The first-order valence-corrected chi connectivity index (χ1v) is 8.91. The maximum Gasteiger partial charge on any atom is 0.224 e. The molecule has 0 radical (unpaired) electrons. The first kappa shape index (κ1) is 17.9. The van der Waals surface area contributed by atoms with Crippen molar-refractivity contribution in [3.05, 3.63) is 40.5 Å². The summed E-state index contributed by atoms with van der Waals surface area (Å²) < 4.78 is 5.37. The fourth-order valence-corrected chi connectivity index (χ4v) is 2.90. The molecule has 1 aliphatic heterocycles. The van der Waals surface area contributed by atoms with Crippen molar-refractivity contribution in [3.63, 3.8) is 0 Å². The Morgan fingerprint density at radius 1 is 1.16 bits per heavy atom. The van der Waals surface area contributed by atoms with E-state index in [-0.39, 0.29) is 0 Å². The van der Waals surface area contributed by atoms with Gasteiger partial charge in [-0.2, -0.15) is 4.98 Å². The Bertz CT molecular complexity index is 719. The fraction of sp³-hybridized carbons (Fsp3) is 0.444. The maximum absolute atomic E-state index is 6.09. The molecule has 2 N–H and O–H groups in total. The van der Waals surface area contributed by atoms with Crippen LogP contribution >= 0.6 is 11.6 Å². The van der Waals surface area contributed by atoms with Gasteiger partial charge in [0.05, 0.1) is 13.2 Å². The summed E-state index contributed by atoms with van der Waals surface area (Å²) in [5, 5.41) is 7.34. The smallest absolute Gasteiger partial charge is 0.224 e. The summed E-state index contributed by atoms with van der Waals surface area (Å²) in [6.07, 6.45) is 0. The minimum absolute atomic E-state index is 0.635. The number of anilines is 3. The van der Waals surface area contributed by atoms with Crippen molar-refractivity contribution in [2.24, 2.45) is 0 Å². The van der Waals surface area contributed by atoms with Crippen LogP contribution < -0.4 is 10.6 Å². The van der Waals surface area contributed by atoms with E-state index >= 15 is 0 Å². The molecule has 2 aromatic rings. The molecular formula is C18H24ClN5O. The van der Waals surface area contributed by atoms with E-state index in [1.54, 1.807) is 0 Å². The number of halogens is 1. The molecule has 1 fully saturated rings. The number of hydrogen-bond donors (Lipinski definition) is 2. The van der Waals surface area contributed by atoms with E-state index in [0.29, 0.717) is 11.0 Å². The van der Waals surface area contributed by atoms with Crippen LogP contribution in [0.3, 0.4) is 0 Å². The van der Waals surface area contributed by atoms with E-state index < -0.39 is 0 Å². The normalized spacial score (nSPS) is 15.2. The van der Waals surface area contributed by atoms with E-state index in [0.717, 1.165) is 62.2 Å². The molecule has 0 amide bonds. The molecule has 6 nitrogen and oxygen atoms in total. The number of nitrogens with one attached hydrogen (secondary N) is 2. The molecule has 0 unspecified atom stereocenters. The van der Waals surface area contributed by atoms with Gasteiger partial charge in [0.25, 0.3) is 0 Å². The van der Waals surface area contributed by atoms with E-state index in [1.807, 2.05) is 38.1 Å². The summed E-state index contributed by atoms with van der Waals surface area (Å²) in [5.74, 6) is 1.39. The Balaban J connectivity index is 1.62. The minimum Gasteiger partial charge on any atom is -0.379 e. The predicted octanol–water partition coefficient (Wildman–Crippen LogP) is 3.23. The highest BCUT2D eigenvalue weighted by Gasteiger charge is 2.10. The van der Waals surface area contributed by atoms with Crippen LogP contribution in [0.25, 0.3) is 0 Å². The zero-order valence-electron chi connectivity index (χ0n) is 14.7. The Kier molecular flexibility index (Phi) is 6.07. The molecule has 1 saturated heterocycles. The van der Waals surface area contributed by atoms with E-state index in [9.17, 15) is 0 Å². The number of rotatable bonds is 6. The van der Waals surface area contributed by atoms with Crippen LogP contribution in [0.1, 0.15) is 11.3 Å². The number of nitrogens with zero attached hydrogens (tertiary/aromatic N) is 3. The van der Waals surface area contributed by atoms with Crippen LogP contribution in [0.2, 0.25) is 5.02 Å². The summed E-state index contributed by atoms with van der Waals surface area (Å²) in [5.41, 5.74) is 2.97. The molecule has 134 valence electrons. The number of benzene rings is 1. The van der Waals surface area contributed by atoms with Gasteiger partial charge < -0.3 is 15.4 Å². The van der Waals surface area contributed by atoms with Gasteiger partial charge in [-0.1, -0.05) is 17.7 Å². The predicted molar refractivity (Wildman–Crippen MR) is 102 cm³/mol. The Morgan fingerprint density at radius 3 is 2.76 bits per heavy atom. The lowest BCUT2D eigenvalue weighted by Gasteiger charge is -2.26. The second-order valence-electron chi connectivity index (χ2n) is 6.18. The van der Waals surface area contributed by atoms with E-state index in [4.69, 9.17) is 16.3 Å². The van der Waals surface area contributed by atoms with E-state index in [1.165, 1.54) is 0 Å². The molecule has 0 saturated carbocycles. The molecule has 0 bridgehead atoms. The van der Waals surface area contributed by atoms with Crippen LogP contribution in [-0.4, -0.2) is 54.3 Å². The third kappa shape index (κ3) is 5.29. The average Bonchev–Trinajstić information content (AvgIpc) is 2.59. The van der Waals surface area contributed by atoms with Crippen molar-refractivity contribution in [1.29, 1.82) is 0 Å². The van der Waals surface area contributed by atoms with Gasteiger partial charge in [-0.3, -0.25) is 4.90 Å². The summed E-state index contributed by atoms with van der Waals surface area (Å²) >= 11 is 6.09. The standard InChI is InChI=1S/C18H24ClN5O/c1-13-3-4-15(19)12-16(13)22-17-11-14(2)21-18(23-17)20-5-6-24-7-9-25-10-8-24/h3-4,11-12H,5-10H2,1-2H3,(H2,20,21,22,23). The van der Waals surface area contributed by atoms with Gasteiger partial charge in [-0.25, -0.2) is 4.98 Å². The monoisotopic (exact) mass is 361 g/mol.